The van der Waals surface area contributed by atoms with Crippen molar-refractivity contribution >= 4 is 91.3 Å². The van der Waals surface area contributed by atoms with Gasteiger partial charge in [0.25, 0.3) is 0 Å². The minimum absolute atomic E-state index is 0.0285. The second-order valence-corrected chi connectivity index (χ2v) is 33.5. The van der Waals surface area contributed by atoms with Crippen molar-refractivity contribution in [1.29, 1.82) is 0 Å². The van der Waals surface area contributed by atoms with Crippen LogP contribution in [0.5, 0.6) is 34.6 Å². The molecule has 18 rings (SSSR count). The quantitative estimate of drug-likeness (QED) is 0.0903. The highest BCUT2D eigenvalue weighted by Gasteiger charge is 2.43. The van der Waals surface area contributed by atoms with E-state index in [1.54, 1.807) is 51.5 Å². The Morgan fingerprint density at radius 1 is 0.465 bits per heavy atom. The Kier molecular flexibility index (Phi) is 23.6. The van der Waals surface area contributed by atoms with Gasteiger partial charge in [0.15, 0.2) is 34.4 Å². The molecule has 3 N–H and O–H groups in total. The molecule has 3 saturated heterocycles. The molecule has 0 spiro atoms. The van der Waals surface area contributed by atoms with Crippen LogP contribution in [0, 0.1) is 31.3 Å². The summed E-state index contributed by atoms with van der Waals surface area (Å²) in [6.07, 6.45) is 8.89. The number of fused-ring (bicyclic) bond motifs is 6. The first kappa shape index (κ1) is 86.7. The number of aryl methyl sites for hydroxylation is 2. The average Bonchev–Trinajstić information content (AvgIpc) is 1.66. The van der Waals surface area contributed by atoms with Gasteiger partial charge in [-0.15, -0.1) is 0 Å². The molecule has 3 fully saturated rings. The van der Waals surface area contributed by atoms with Crippen molar-refractivity contribution in [3.8, 4) is 85.5 Å². The lowest BCUT2D eigenvalue weighted by molar-refractivity contribution is -0.127. The lowest BCUT2D eigenvalue weighted by atomic mass is 9.96. The Bertz CT molecular complexity index is 6700. The molecule has 3 amide bonds. The fraction of sp³-hybridized carbons (Fsp3) is 0.315. The molecule has 3 unspecified atom stereocenters. The van der Waals surface area contributed by atoms with Gasteiger partial charge in [0.05, 0.1) is 84.9 Å². The van der Waals surface area contributed by atoms with Crippen molar-refractivity contribution in [2.75, 3.05) is 93.4 Å². The van der Waals surface area contributed by atoms with Gasteiger partial charge in [-0.05, 0) is 133 Å². The van der Waals surface area contributed by atoms with E-state index in [1.165, 1.54) is 86.5 Å². The summed E-state index contributed by atoms with van der Waals surface area (Å²) in [7, 11) is 0. The molecular formula is C92H89Cl2F3N18O12. The van der Waals surface area contributed by atoms with Crippen molar-refractivity contribution in [3.05, 3.63) is 228 Å². The normalized spacial score (nSPS) is 16.3. The highest BCUT2D eigenvalue weighted by Crippen LogP contribution is 2.52. The maximum Gasteiger partial charge on any atom is 0.355 e. The number of carbonyl (C=O) groups is 3. The van der Waals surface area contributed by atoms with E-state index in [0.717, 1.165) is 16.7 Å². The number of benzene rings is 4. The number of phenols is 3. The Balaban J connectivity index is 0.000000140. The van der Waals surface area contributed by atoms with E-state index in [4.69, 9.17) is 42.4 Å². The van der Waals surface area contributed by atoms with Crippen LogP contribution in [0.1, 0.15) is 113 Å². The number of nitrogens with zero attached hydrogens (tertiary/aromatic N) is 18. The van der Waals surface area contributed by atoms with Crippen molar-refractivity contribution in [3.63, 3.8) is 0 Å². The number of amides is 3. The Morgan fingerprint density at radius 2 is 0.866 bits per heavy atom. The van der Waals surface area contributed by atoms with Gasteiger partial charge in [-0.1, -0.05) is 117 Å². The summed E-state index contributed by atoms with van der Waals surface area (Å²) in [5.41, 5.74) is 4.44. The smallest absolute Gasteiger partial charge is 0.355 e. The molecule has 4 aromatic carbocycles. The summed E-state index contributed by atoms with van der Waals surface area (Å²) in [6, 6.07) is 17.8. The van der Waals surface area contributed by atoms with Crippen LogP contribution in [-0.4, -0.2) is 203 Å². The van der Waals surface area contributed by atoms with Gasteiger partial charge in [0, 0.05) is 83.1 Å². The first-order chi connectivity index (χ1) is 60.8. The maximum absolute atomic E-state index is 15.4. The number of piperazine rings is 3. The van der Waals surface area contributed by atoms with E-state index in [0.29, 0.717) is 132 Å². The van der Waals surface area contributed by atoms with Gasteiger partial charge in [0.2, 0.25) is 23.6 Å². The average molecular weight is 1770 g/mol. The van der Waals surface area contributed by atoms with Crippen LogP contribution in [0.25, 0.3) is 83.8 Å². The fourth-order valence-electron chi connectivity index (χ4n) is 17.4. The van der Waals surface area contributed by atoms with Gasteiger partial charge >= 0.3 is 17.1 Å². The Hall–Kier alpha value is -13.8. The van der Waals surface area contributed by atoms with Crippen molar-refractivity contribution < 1.29 is 57.1 Å². The summed E-state index contributed by atoms with van der Waals surface area (Å²) in [5, 5.41) is 33.3. The van der Waals surface area contributed by atoms with Gasteiger partial charge in [-0.2, -0.15) is 19.9 Å². The third kappa shape index (κ3) is 15.3. The molecule has 8 aromatic heterocycles. The van der Waals surface area contributed by atoms with E-state index in [2.05, 4.69) is 59.6 Å². The zero-order valence-corrected chi connectivity index (χ0v) is 72.6. The van der Waals surface area contributed by atoms with E-state index >= 15 is 13.2 Å². The zero-order chi connectivity index (χ0) is 90.3. The number of aromatic hydroxyl groups is 3. The van der Waals surface area contributed by atoms with Crippen LogP contribution < -0.4 is 46.0 Å². The van der Waals surface area contributed by atoms with Crippen LogP contribution in [0.15, 0.2) is 150 Å². The molecule has 3 atom stereocenters. The second kappa shape index (κ2) is 34.6. The number of rotatable bonds is 13. The van der Waals surface area contributed by atoms with Crippen molar-refractivity contribution in [2.24, 2.45) is 0 Å². The van der Waals surface area contributed by atoms with E-state index in [1.807, 2.05) is 90.0 Å². The third-order valence-electron chi connectivity index (χ3n) is 23.6. The monoisotopic (exact) mass is 1760 g/mol. The lowest BCUT2D eigenvalue weighted by Crippen LogP contribution is -2.56. The molecular weight excluding hydrogens is 1680 g/mol. The molecule has 0 aliphatic carbocycles. The number of phenolic OH excluding ortho intramolecular Hbond substituents is 3. The summed E-state index contributed by atoms with van der Waals surface area (Å²) in [4.78, 5) is 132. The lowest BCUT2D eigenvalue weighted by Gasteiger charge is -2.40. The Morgan fingerprint density at radius 3 is 1.31 bits per heavy atom. The number of halogens is 5. The van der Waals surface area contributed by atoms with Crippen molar-refractivity contribution in [2.45, 2.75) is 111 Å². The van der Waals surface area contributed by atoms with E-state index < -0.39 is 34.5 Å². The zero-order valence-electron chi connectivity index (χ0n) is 71.1. The molecule has 35 heteroatoms. The largest absolute Gasteiger partial charge is 0.507 e. The van der Waals surface area contributed by atoms with E-state index in [-0.39, 0.29) is 169 Å². The number of hydrogen-bond donors (Lipinski definition) is 3. The van der Waals surface area contributed by atoms with Crippen molar-refractivity contribution in [1.82, 2.24) is 73.3 Å². The molecule has 654 valence electrons. The number of ether oxygens (including phenoxy) is 3. The molecule has 127 heavy (non-hydrogen) atoms. The summed E-state index contributed by atoms with van der Waals surface area (Å²) >= 11 is 13.9. The molecule has 0 radical (unpaired) electrons. The highest BCUT2D eigenvalue weighted by atomic mass is 35.5. The van der Waals surface area contributed by atoms with Crippen LogP contribution in [0.4, 0.5) is 30.6 Å². The minimum atomic E-state index is -0.746. The van der Waals surface area contributed by atoms with Gasteiger partial charge < -0.3 is 58.9 Å². The van der Waals surface area contributed by atoms with E-state index in [9.17, 15) is 44.1 Å². The molecule has 0 saturated carbocycles. The number of pyridine rings is 4. The van der Waals surface area contributed by atoms with Crippen LogP contribution >= 0.6 is 23.2 Å². The molecule has 30 nitrogen and oxygen atoms in total. The standard InChI is InChI=1S/C33H33ClFN5O4.C30H28ClFN6O4.C29H28FN7O4/c1-6-25(42)38-12-13-39-19(15-38)16-44-31-27-23(14-21(28(31)34)26-22(35)8-7-9-24(26)41)40(33(43)37-32(27)39)30-20(17(2)3)10-11-36-29(30)18(4)5;1-5-20(40)36-11-12-37-17(13-36)14-42-27-22-28(37)35-30(41)38(26-16(4)9-10-33-24(26)15(2)3)29(22)34-25(23(27)31)21-18(32)7-6-8-19(21)39;1-5-20(39)35-11-12-36-17(13-35)14-41-28-22-26(36)34-29(40)37(24-16(4)9-10-31-23(24)15(2)3)27(22)32-25(33-28)21-18(30)7-6-8-19(21)38/h6-11,14,17-19,41H,1,12-13,15-16H2,2-5H3;5-10,15,17,39H,1,11-14H2,2-4H3;5-10,15,17,38H,1,11-14H2,2-4H3. The molecule has 12 aromatic rings. The topological polar surface area (TPSA) is 341 Å². The predicted molar refractivity (Wildman–Crippen MR) is 476 cm³/mol. The SMILES string of the molecule is C=CC(=O)N1CCN2c3nc(=O)n(-c4c(C(C)C)ccnc4C(C)C)c4cc(-c5c(O)cccc5F)c(Cl)c(c34)OCC2C1.C=CC(=O)N1CCN2c3nc(=O)n(-c4c(C)ccnc4C(C)C)c4nc(-c5c(O)cccc5F)c(Cl)c(c34)OCC2C1.C=CC(=O)N1CCN2c3nc(=O)n(-c4c(C)ccnc4C(C)C)c4nc(-c5c(O)cccc5F)nc(c34)OCC2C1. The number of hydrogen-bond acceptors (Lipinski definition) is 24. The minimum Gasteiger partial charge on any atom is -0.507 e. The molecule has 6 aliphatic rings. The summed E-state index contributed by atoms with van der Waals surface area (Å²) in [6.45, 7) is 34.0. The first-order valence-electron chi connectivity index (χ1n) is 41.4. The first-order valence-corrected chi connectivity index (χ1v) is 42.2. The van der Waals surface area contributed by atoms with Gasteiger partial charge in [-0.3, -0.25) is 33.9 Å². The summed E-state index contributed by atoms with van der Waals surface area (Å²) in [5.74, 6) is -2.62. The second-order valence-electron chi connectivity index (χ2n) is 32.8. The molecule has 14 heterocycles. The number of carbonyl (C=O) groups excluding carboxylic acids is 3. The third-order valence-corrected chi connectivity index (χ3v) is 24.3. The van der Waals surface area contributed by atoms with Crippen LogP contribution in [0.2, 0.25) is 10.0 Å². The number of anilines is 3. The van der Waals surface area contributed by atoms with Crippen LogP contribution in [0.3, 0.4) is 0 Å². The van der Waals surface area contributed by atoms with Crippen LogP contribution in [-0.2, 0) is 14.4 Å². The van der Waals surface area contributed by atoms with Gasteiger partial charge in [-0.25, -0.2) is 46.7 Å². The highest BCUT2D eigenvalue weighted by molar-refractivity contribution is 6.37. The molecule has 0 bridgehead atoms. The predicted octanol–water partition coefficient (Wildman–Crippen LogP) is 13.3. The fourth-order valence-corrected chi connectivity index (χ4v) is 18.0. The molecule has 6 aliphatic heterocycles. The maximum atomic E-state index is 15.4. The summed E-state index contributed by atoms with van der Waals surface area (Å²) < 4.78 is 68.8. The number of aromatic nitrogens is 12. The Labute approximate surface area is 735 Å². The van der Waals surface area contributed by atoms with Gasteiger partial charge in [0.1, 0.15) is 87.6 Å².